The molecule has 1 fully saturated rings. The number of nitrogens with zero attached hydrogens (tertiary/aromatic N) is 1. The first kappa shape index (κ1) is 16.3. The van der Waals surface area contributed by atoms with Gasteiger partial charge in [-0.3, -0.25) is 9.59 Å². The highest BCUT2D eigenvalue weighted by molar-refractivity contribution is 6.01. The highest BCUT2D eigenvalue weighted by atomic mass is 16.5. The maximum Gasteiger partial charge on any atom is 0.248 e. The number of carbonyl (C=O) groups is 2. The maximum absolute atomic E-state index is 12.1. The molecule has 0 aliphatic carbocycles. The monoisotopic (exact) mass is 306 g/mol. The van der Waals surface area contributed by atoms with Crippen LogP contribution >= 0.6 is 0 Å². The molecule has 1 unspecified atom stereocenters. The lowest BCUT2D eigenvalue weighted by Crippen LogP contribution is -2.39. The number of anilines is 2. The Morgan fingerprint density at radius 1 is 1.36 bits per heavy atom. The van der Waals surface area contributed by atoms with Crippen LogP contribution in [0.1, 0.15) is 23.2 Å². The van der Waals surface area contributed by atoms with Crippen LogP contribution in [0.25, 0.3) is 0 Å². The number of methoxy groups -OCH3 is 1. The molecule has 1 saturated heterocycles. The van der Waals surface area contributed by atoms with Crippen molar-refractivity contribution < 1.29 is 14.3 Å². The van der Waals surface area contributed by atoms with Gasteiger partial charge in [-0.1, -0.05) is 0 Å². The summed E-state index contributed by atoms with van der Waals surface area (Å²) in [4.78, 5) is 25.6. The number of hydrogen-bond donors (Lipinski definition) is 3. The molecule has 5 N–H and O–H groups in total. The molecule has 1 aliphatic heterocycles. The third-order valence-corrected chi connectivity index (χ3v) is 3.67. The Bertz CT molecular complexity index is 556. The van der Waals surface area contributed by atoms with Crippen LogP contribution in [0, 0.1) is 0 Å². The van der Waals surface area contributed by atoms with Gasteiger partial charge < -0.3 is 26.4 Å². The summed E-state index contributed by atoms with van der Waals surface area (Å²) in [5.74, 6) is -0.895. The summed E-state index contributed by atoms with van der Waals surface area (Å²) in [7, 11) is 1.48. The molecule has 1 atom stereocenters. The van der Waals surface area contributed by atoms with Gasteiger partial charge in [-0.05, 0) is 31.0 Å². The van der Waals surface area contributed by atoms with Gasteiger partial charge in [0.15, 0.2) is 0 Å². The maximum atomic E-state index is 12.1. The van der Waals surface area contributed by atoms with Gasteiger partial charge in [-0.25, -0.2) is 0 Å². The van der Waals surface area contributed by atoms with E-state index in [2.05, 4.69) is 10.2 Å². The van der Waals surface area contributed by atoms with E-state index < -0.39 is 11.9 Å². The Morgan fingerprint density at radius 3 is 2.64 bits per heavy atom. The standard InChI is InChI=1S/C15H22N4O3/c1-22-9-11(16)15(21)18-12-8-10(14(17)20)4-5-13(12)19-6-2-3-7-19/h4-5,8,11H,2-3,6-7,9,16H2,1H3,(H2,17,20)(H,18,21). The number of carbonyl (C=O) groups excluding carboxylic acids is 2. The van der Waals surface area contributed by atoms with Crippen LogP contribution in [0.15, 0.2) is 18.2 Å². The minimum absolute atomic E-state index is 0.125. The summed E-state index contributed by atoms with van der Waals surface area (Å²) < 4.78 is 4.88. The first-order chi connectivity index (χ1) is 10.5. The van der Waals surface area contributed by atoms with Crippen molar-refractivity contribution in [3.05, 3.63) is 23.8 Å². The Morgan fingerprint density at radius 2 is 2.05 bits per heavy atom. The van der Waals surface area contributed by atoms with Crippen molar-refractivity contribution >= 4 is 23.2 Å². The number of amides is 2. The minimum atomic E-state index is -0.770. The third kappa shape index (κ3) is 3.75. The van der Waals surface area contributed by atoms with E-state index in [0.29, 0.717) is 11.3 Å². The first-order valence-electron chi connectivity index (χ1n) is 7.27. The van der Waals surface area contributed by atoms with Gasteiger partial charge in [0.25, 0.3) is 0 Å². The highest BCUT2D eigenvalue weighted by Gasteiger charge is 2.20. The third-order valence-electron chi connectivity index (χ3n) is 3.67. The average Bonchev–Trinajstić information content (AvgIpc) is 3.01. The molecule has 1 aromatic rings. The van der Waals surface area contributed by atoms with Crippen molar-refractivity contribution in [2.45, 2.75) is 18.9 Å². The largest absolute Gasteiger partial charge is 0.383 e. The second-order valence-corrected chi connectivity index (χ2v) is 5.34. The molecule has 2 rings (SSSR count). The van der Waals surface area contributed by atoms with Gasteiger partial charge in [0, 0.05) is 25.8 Å². The van der Waals surface area contributed by atoms with Crippen LogP contribution in [0.5, 0.6) is 0 Å². The summed E-state index contributed by atoms with van der Waals surface area (Å²) in [5, 5.41) is 2.77. The number of benzene rings is 1. The van der Waals surface area contributed by atoms with E-state index in [4.69, 9.17) is 16.2 Å². The molecule has 0 spiro atoms. The summed E-state index contributed by atoms with van der Waals surface area (Å²) >= 11 is 0. The van der Waals surface area contributed by atoms with Crippen molar-refractivity contribution in [2.24, 2.45) is 11.5 Å². The second kappa shape index (κ2) is 7.24. The fraction of sp³-hybridized carbons (Fsp3) is 0.467. The van der Waals surface area contributed by atoms with Gasteiger partial charge in [0.2, 0.25) is 11.8 Å². The number of hydrogen-bond acceptors (Lipinski definition) is 5. The smallest absolute Gasteiger partial charge is 0.248 e. The van der Waals surface area contributed by atoms with Crippen molar-refractivity contribution in [3.63, 3.8) is 0 Å². The summed E-state index contributed by atoms with van der Waals surface area (Å²) in [5.41, 5.74) is 12.8. The lowest BCUT2D eigenvalue weighted by Gasteiger charge is -2.23. The molecule has 1 heterocycles. The predicted octanol–water partition coefficient (Wildman–Crippen LogP) is 0.298. The molecule has 0 aromatic heterocycles. The molecule has 1 aromatic carbocycles. The fourth-order valence-corrected chi connectivity index (χ4v) is 2.50. The molecule has 120 valence electrons. The van der Waals surface area contributed by atoms with E-state index in [1.54, 1.807) is 12.1 Å². The quantitative estimate of drug-likeness (QED) is 0.700. The highest BCUT2D eigenvalue weighted by Crippen LogP contribution is 2.30. The lowest BCUT2D eigenvalue weighted by atomic mass is 10.1. The van der Waals surface area contributed by atoms with Crippen LogP contribution < -0.4 is 21.7 Å². The van der Waals surface area contributed by atoms with Gasteiger partial charge >= 0.3 is 0 Å². The van der Waals surface area contributed by atoms with Crippen LogP contribution in [-0.4, -0.2) is 44.7 Å². The molecule has 0 saturated carbocycles. The Hall–Kier alpha value is -2.12. The summed E-state index contributed by atoms with van der Waals surface area (Å²) in [6.07, 6.45) is 2.21. The molecule has 0 bridgehead atoms. The van der Waals surface area contributed by atoms with Gasteiger partial charge in [0.05, 0.1) is 18.0 Å². The minimum Gasteiger partial charge on any atom is -0.383 e. The van der Waals surface area contributed by atoms with Crippen molar-refractivity contribution in [2.75, 3.05) is 37.0 Å². The van der Waals surface area contributed by atoms with E-state index >= 15 is 0 Å². The normalized spacial score (nSPS) is 15.6. The molecule has 2 amide bonds. The lowest BCUT2D eigenvalue weighted by molar-refractivity contribution is -0.118. The SMILES string of the molecule is COCC(N)C(=O)Nc1cc(C(N)=O)ccc1N1CCCC1. The van der Waals surface area contributed by atoms with E-state index in [1.807, 2.05) is 6.07 Å². The predicted molar refractivity (Wildman–Crippen MR) is 84.9 cm³/mol. The zero-order valence-electron chi connectivity index (χ0n) is 12.7. The van der Waals surface area contributed by atoms with Crippen molar-refractivity contribution in [1.29, 1.82) is 0 Å². The Labute approximate surface area is 129 Å². The second-order valence-electron chi connectivity index (χ2n) is 5.34. The molecule has 22 heavy (non-hydrogen) atoms. The van der Waals surface area contributed by atoms with E-state index in [1.165, 1.54) is 7.11 Å². The summed E-state index contributed by atoms with van der Waals surface area (Å²) in [6.45, 7) is 1.96. The van der Waals surface area contributed by atoms with Crippen LogP contribution in [0.4, 0.5) is 11.4 Å². The number of ether oxygens (including phenoxy) is 1. The average molecular weight is 306 g/mol. The fourth-order valence-electron chi connectivity index (χ4n) is 2.50. The van der Waals surface area contributed by atoms with Gasteiger partial charge in [-0.2, -0.15) is 0 Å². The number of nitrogens with one attached hydrogen (secondary N) is 1. The van der Waals surface area contributed by atoms with Gasteiger partial charge in [0.1, 0.15) is 6.04 Å². The van der Waals surface area contributed by atoms with Crippen LogP contribution in [-0.2, 0) is 9.53 Å². The zero-order chi connectivity index (χ0) is 16.1. The molecular weight excluding hydrogens is 284 g/mol. The van der Waals surface area contributed by atoms with Crippen LogP contribution in [0.2, 0.25) is 0 Å². The number of nitrogens with two attached hydrogens (primary N) is 2. The molecular formula is C15H22N4O3. The van der Waals surface area contributed by atoms with E-state index in [0.717, 1.165) is 31.6 Å². The van der Waals surface area contributed by atoms with Gasteiger partial charge in [-0.15, -0.1) is 0 Å². The van der Waals surface area contributed by atoms with E-state index in [9.17, 15) is 9.59 Å². The summed E-state index contributed by atoms with van der Waals surface area (Å²) in [6, 6.07) is 4.30. The van der Waals surface area contributed by atoms with Crippen molar-refractivity contribution in [3.8, 4) is 0 Å². The van der Waals surface area contributed by atoms with Crippen molar-refractivity contribution in [1.82, 2.24) is 0 Å². The number of primary amides is 1. The van der Waals surface area contributed by atoms with Crippen LogP contribution in [0.3, 0.4) is 0 Å². The van der Waals surface area contributed by atoms with E-state index in [-0.39, 0.29) is 12.5 Å². The molecule has 7 heteroatoms. The Kier molecular flexibility index (Phi) is 5.35. The molecule has 1 aliphatic rings. The molecule has 7 nitrogen and oxygen atoms in total. The molecule has 0 radical (unpaired) electrons. The Balaban J connectivity index is 2.26. The zero-order valence-corrected chi connectivity index (χ0v) is 12.7. The first-order valence-corrected chi connectivity index (χ1v) is 7.27. The topological polar surface area (TPSA) is 111 Å². The number of rotatable bonds is 6.